The van der Waals surface area contributed by atoms with Crippen LogP contribution in [0.5, 0.6) is 0 Å². The van der Waals surface area contributed by atoms with Crippen LogP contribution in [-0.2, 0) is 19.6 Å². The maximum Gasteiger partial charge on any atom is 0.251 e. The molecule has 0 aliphatic carbocycles. The Morgan fingerprint density at radius 3 is 2.69 bits per heavy atom. The number of nitrogens with zero attached hydrogens (tertiary/aromatic N) is 3. The quantitative estimate of drug-likeness (QED) is 0.162. The number of carbonyl (C=O) groups excluding carboxylic acids is 2. The Kier molecular flexibility index (Phi) is 7.76. The molecule has 26 heavy (non-hydrogen) atoms. The zero-order valence-corrected chi connectivity index (χ0v) is 15.6. The van der Waals surface area contributed by atoms with Gasteiger partial charge in [0.25, 0.3) is 5.91 Å². The van der Waals surface area contributed by atoms with E-state index >= 15 is 0 Å². The van der Waals surface area contributed by atoms with E-state index in [0.717, 1.165) is 6.26 Å². The third-order valence-electron chi connectivity index (χ3n) is 3.57. The third kappa shape index (κ3) is 7.65. The summed E-state index contributed by atoms with van der Waals surface area (Å²) in [6.07, 6.45) is 2.18. The maximum atomic E-state index is 12.3. The fraction of sp³-hybridized carbons (Fsp3) is 0.692. The zero-order valence-electron chi connectivity index (χ0n) is 14.8. The van der Waals surface area contributed by atoms with Crippen LogP contribution in [0.4, 0.5) is 0 Å². The first-order valence-corrected chi connectivity index (χ1v) is 9.78. The van der Waals surface area contributed by atoms with E-state index in [1.54, 1.807) is 0 Å². The van der Waals surface area contributed by atoms with E-state index in [9.17, 15) is 18.0 Å². The molecule has 12 nitrogen and oxygen atoms in total. The average molecular weight is 390 g/mol. The summed E-state index contributed by atoms with van der Waals surface area (Å²) < 4.78 is 24.4. The number of amides is 2. The molecule has 0 saturated heterocycles. The highest BCUT2D eigenvalue weighted by atomic mass is 32.2. The molecule has 8 N–H and O–H groups in total. The van der Waals surface area contributed by atoms with Crippen LogP contribution >= 0.6 is 0 Å². The molecule has 0 spiro atoms. The monoisotopic (exact) mass is 390 g/mol. The molecule has 0 radical (unpaired) electrons. The van der Waals surface area contributed by atoms with Crippen molar-refractivity contribution in [3.8, 4) is 0 Å². The Morgan fingerprint density at radius 1 is 1.50 bits per heavy atom. The Bertz CT molecular complexity index is 686. The van der Waals surface area contributed by atoms with Crippen molar-refractivity contribution in [3.63, 3.8) is 0 Å². The van der Waals surface area contributed by atoms with Gasteiger partial charge in [0, 0.05) is 26.1 Å². The number of hydrogen-bond donors (Lipinski definition) is 5. The van der Waals surface area contributed by atoms with Crippen molar-refractivity contribution in [1.82, 2.24) is 14.9 Å². The summed E-state index contributed by atoms with van der Waals surface area (Å²) in [5.41, 5.74) is 16.4. The molecule has 0 aromatic carbocycles. The summed E-state index contributed by atoms with van der Waals surface area (Å²) in [4.78, 5) is 33.4. The topological polar surface area (TPSA) is 198 Å². The molecule has 0 saturated carbocycles. The second-order valence-electron chi connectivity index (χ2n) is 5.99. The Hall–Kier alpha value is -2.41. The van der Waals surface area contributed by atoms with Crippen LogP contribution in [0.3, 0.4) is 0 Å². The van der Waals surface area contributed by atoms with E-state index in [1.165, 1.54) is 11.9 Å². The van der Waals surface area contributed by atoms with Gasteiger partial charge in [-0.25, -0.2) is 13.4 Å². The van der Waals surface area contributed by atoms with Gasteiger partial charge in [-0.05, 0) is 12.8 Å². The van der Waals surface area contributed by atoms with Crippen molar-refractivity contribution >= 4 is 33.8 Å². The van der Waals surface area contributed by atoms with Gasteiger partial charge in [-0.3, -0.25) is 24.6 Å². The SMILES string of the molecule is CN(C(=O)C[C@@H](N)CCCN=C(N)N)[C@H]1CN=C(NS(C)(=O)=O)NC1=O. The molecule has 0 unspecified atom stereocenters. The van der Waals surface area contributed by atoms with Gasteiger partial charge in [-0.2, -0.15) is 0 Å². The van der Waals surface area contributed by atoms with Crippen LogP contribution in [0.1, 0.15) is 19.3 Å². The molecule has 0 bridgehead atoms. The van der Waals surface area contributed by atoms with E-state index in [2.05, 4.69) is 20.0 Å². The van der Waals surface area contributed by atoms with Gasteiger partial charge in [-0.15, -0.1) is 0 Å². The lowest BCUT2D eigenvalue weighted by atomic mass is 10.1. The first kappa shape index (κ1) is 21.6. The second-order valence-corrected chi connectivity index (χ2v) is 7.73. The highest BCUT2D eigenvalue weighted by Gasteiger charge is 2.31. The average Bonchev–Trinajstić information content (AvgIpc) is 2.49. The minimum Gasteiger partial charge on any atom is -0.370 e. The van der Waals surface area contributed by atoms with Crippen molar-refractivity contribution in [2.75, 3.05) is 26.4 Å². The van der Waals surface area contributed by atoms with Crippen LogP contribution in [-0.4, -0.2) is 75.5 Å². The molecule has 1 heterocycles. The molecular weight excluding hydrogens is 364 g/mol. The van der Waals surface area contributed by atoms with E-state index in [-0.39, 0.29) is 30.8 Å². The lowest BCUT2D eigenvalue weighted by molar-refractivity contribution is -0.138. The van der Waals surface area contributed by atoms with Gasteiger partial charge in [0.05, 0.1) is 12.8 Å². The molecule has 1 aliphatic heterocycles. The number of likely N-dealkylation sites (N-methyl/N-ethyl adjacent to an activating group) is 1. The summed E-state index contributed by atoms with van der Waals surface area (Å²) in [6, 6.07) is -1.22. The number of carbonyl (C=O) groups is 2. The smallest absolute Gasteiger partial charge is 0.251 e. The van der Waals surface area contributed by atoms with Gasteiger partial charge in [0.1, 0.15) is 6.04 Å². The molecule has 0 aromatic heterocycles. The summed E-state index contributed by atoms with van der Waals surface area (Å²) in [6.45, 7) is 0.377. The van der Waals surface area contributed by atoms with Crippen LogP contribution in [0, 0.1) is 0 Å². The summed E-state index contributed by atoms with van der Waals surface area (Å²) >= 11 is 0. The molecule has 2 atom stereocenters. The molecule has 1 aliphatic rings. The normalized spacial score (nSPS) is 18.3. The number of guanidine groups is 2. The predicted octanol–water partition coefficient (Wildman–Crippen LogP) is -3.38. The van der Waals surface area contributed by atoms with Crippen molar-refractivity contribution < 1.29 is 18.0 Å². The Balaban J connectivity index is 2.52. The fourth-order valence-corrected chi connectivity index (χ4v) is 2.70. The molecule has 0 fully saturated rings. The lowest BCUT2D eigenvalue weighted by Gasteiger charge is -2.30. The molecule has 1 rings (SSSR count). The Labute approximate surface area is 152 Å². The molecule has 13 heteroatoms. The minimum atomic E-state index is -3.55. The number of aliphatic imine (C=N–C) groups is 2. The minimum absolute atomic E-state index is 0.00276. The van der Waals surface area contributed by atoms with Gasteiger partial charge < -0.3 is 22.1 Å². The van der Waals surface area contributed by atoms with Crippen LogP contribution in [0.25, 0.3) is 0 Å². The second kappa shape index (κ2) is 9.33. The summed E-state index contributed by atoms with van der Waals surface area (Å²) in [7, 11) is -2.08. The van der Waals surface area contributed by atoms with Crippen LogP contribution in [0.15, 0.2) is 9.98 Å². The number of rotatable bonds is 8. The summed E-state index contributed by atoms with van der Waals surface area (Å²) in [5, 5.41) is 2.32. The summed E-state index contributed by atoms with van der Waals surface area (Å²) in [5.74, 6) is -0.994. The van der Waals surface area contributed by atoms with Crippen molar-refractivity contribution in [3.05, 3.63) is 0 Å². The number of nitrogens with two attached hydrogens (primary N) is 3. The standard InChI is InChI=1S/C13H26N8O4S/c1-21(10(22)6-8(14)4-3-5-17-12(15)16)9-7-18-13(19-11(9)23)20-26(2,24)25/h8-9H,3-7,14H2,1-2H3,(H4,15,16,17)(H2,18,19,20,23)/t8-,9-/m0/s1. The van der Waals surface area contributed by atoms with Crippen molar-refractivity contribution in [1.29, 1.82) is 0 Å². The van der Waals surface area contributed by atoms with Gasteiger partial charge in [0.2, 0.25) is 21.9 Å². The van der Waals surface area contributed by atoms with E-state index in [4.69, 9.17) is 17.2 Å². The van der Waals surface area contributed by atoms with Crippen molar-refractivity contribution in [2.24, 2.45) is 27.2 Å². The third-order valence-corrected chi connectivity index (χ3v) is 4.14. The van der Waals surface area contributed by atoms with E-state index in [0.29, 0.717) is 19.4 Å². The van der Waals surface area contributed by atoms with Gasteiger partial charge in [0.15, 0.2) is 5.96 Å². The van der Waals surface area contributed by atoms with Crippen molar-refractivity contribution in [2.45, 2.75) is 31.3 Å². The molecule has 2 amide bonds. The predicted molar refractivity (Wildman–Crippen MR) is 97.5 cm³/mol. The Morgan fingerprint density at radius 2 is 2.15 bits per heavy atom. The van der Waals surface area contributed by atoms with Gasteiger partial charge in [-0.1, -0.05) is 0 Å². The van der Waals surface area contributed by atoms with Crippen LogP contribution < -0.4 is 27.2 Å². The lowest BCUT2D eigenvalue weighted by Crippen LogP contribution is -2.57. The molecule has 148 valence electrons. The van der Waals surface area contributed by atoms with E-state index < -0.39 is 28.0 Å². The number of sulfonamides is 1. The van der Waals surface area contributed by atoms with Gasteiger partial charge >= 0.3 is 0 Å². The zero-order chi connectivity index (χ0) is 19.9. The number of nitrogens with one attached hydrogen (secondary N) is 2. The molecular formula is C13H26N8O4S. The molecule has 0 aromatic rings. The highest BCUT2D eigenvalue weighted by molar-refractivity contribution is 7.89. The maximum absolute atomic E-state index is 12.3. The first-order valence-electron chi connectivity index (χ1n) is 7.89. The van der Waals surface area contributed by atoms with E-state index in [1.807, 2.05) is 0 Å². The number of hydrogen-bond acceptors (Lipinski definition) is 7. The first-order chi connectivity index (χ1) is 12.0. The van der Waals surface area contributed by atoms with Crippen LogP contribution in [0.2, 0.25) is 0 Å². The fourth-order valence-electron chi connectivity index (χ4n) is 2.24. The highest BCUT2D eigenvalue weighted by Crippen LogP contribution is 2.08. The largest absolute Gasteiger partial charge is 0.370 e.